The second-order valence-electron chi connectivity index (χ2n) is 4.97. The topological polar surface area (TPSA) is 69.6 Å². The Morgan fingerprint density at radius 1 is 1.47 bits per heavy atom. The molecule has 96 valence electrons. The molecule has 0 spiro atoms. The molecule has 2 rings (SSSR count). The summed E-state index contributed by atoms with van der Waals surface area (Å²) in [5.41, 5.74) is -0.120. The van der Waals surface area contributed by atoms with Crippen molar-refractivity contribution in [1.29, 1.82) is 0 Å². The fraction of sp³-hybridized carbons (Fsp3) is 0.818. The Kier molecular flexibility index (Phi) is 3.51. The highest BCUT2D eigenvalue weighted by molar-refractivity contribution is 7.99. The number of urea groups is 1. The van der Waals surface area contributed by atoms with E-state index in [9.17, 15) is 9.59 Å². The minimum Gasteiger partial charge on any atom is -0.480 e. The van der Waals surface area contributed by atoms with Crippen molar-refractivity contribution in [2.45, 2.75) is 37.8 Å². The van der Waals surface area contributed by atoms with Crippen LogP contribution in [0.2, 0.25) is 0 Å². The molecule has 1 unspecified atom stereocenters. The van der Waals surface area contributed by atoms with Gasteiger partial charge in [-0.3, -0.25) is 0 Å². The molecule has 0 aromatic heterocycles. The zero-order valence-corrected chi connectivity index (χ0v) is 10.8. The zero-order valence-electron chi connectivity index (χ0n) is 9.94. The first-order chi connectivity index (χ1) is 8.02. The Bertz CT molecular complexity index is 331. The quantitative estimate of drug-likeness (QED) is 0.779. The van der Waals surface area contributed by atoms with E-state index in [2.05, 4.69) is 5.32 Å². The summed E-state index contributed by atoms with van der Waals surface area (Å²) in [4.78, 5) is 24.6. The van der Waals surface area contributed by atoms with Crippen molar-refractivity contribution in [2.75, 3.05) is 18.1 Å². The Labute approximate surface area is 105 Å². The summed E-state index contributed by atoms with van der Waals surface area (Å²) in [6.07, 6.45) is 3.10. The van der Waals surface area contributed by atoms with E-state index < -0.39 is 12.0 Å². The number of carboxylic acid groups (broad SMARTS) is 1. The third-order valence-electron chi connectivity index (χ3n) is 3.54. The predicted octanol–water partition coefficient (Wildman–Crippen LogP) is 1.14. The van der Waals surface area contributed by atoms with Crippen molar-refractivity contribution in [1.82, 2.24) is 10.2 Å². The van der Waals surface area contributed by atoms with Gasteiger partial charge >= 0.3 is 12.0 Å². The predicted molar refractivity (Wildman–Crippen MR) is 66.2 cm³/mol. The highest BCUT2D eigenvalue weighted by Gasteiger charge is 2.38. The number of carbonyl (C=O) groups is 2. The van der Waals surface area contributed by atoms with Gasteiger partial charge in [-0.2, -0.15) is 11.8 Å². The number of thioether (sulfide) groups is 1. The summed E-state index contributed by atoms with van der Waals surface area (Å²) in [6, 6.07) is -0.905. The van der Waals surface area contributed by atoms with Gasteiger partial charge in [0, 0.05) is 23.6 Å². The van der Waals surface area contributed by atoms with Crippen LogP contribution in [0.5, 0.6) is 0 Å². The number of amides is 2. The first kappa shape index (κ1) is 12.5. The van der Waals surface area contributed by atoms with Crippen LogP contribution in [0.4, 0.5) is 4.79 Å². The fourth-order valence-corrected chi connectivity index (χ4v) is 3.25. The number of hydrogen-bond acceptors (Lipinski definition) is 3. The van der Waals surface area contributed by atoms with Crippen LogP contribution in [-0.4, -0.2) is 51.6 Å². The molecular formula is C11H18N2O3S. The van der Waals surface area contributed by atoms with Crippen molar-refractivity contribution < 1.29 is 14.7 Å². The molecule has 2 amide bonds. The van der Waals surface area contributed by atoms with Gasteiger partial charge in [-0.15, -0.1) is 0 Å². The SMILES string of the molecule is CC1(NC(=O)N2CCSCC2C(=O)O)CCC1. The number of carboxylic acids is 1. The lowest BCUT2D eigenvalue weighted by atomic mass is 9.79. The molecule has 1 aliphatic carbocycles. The average molecular weight is 258 g/mol. The smallest absolute Gasteiger partial charge is 0.327 e. The second kappa shape index (κ2) is 4.76. The molecule has 2 N–H and O–H groups in total. The summed E-state index contributed by atoms with van der Waals surface area (Å²) in [6.45, 7) is 2.53. The van der Waals surface area contributed by atoms with Crippen LogP contribution in [0.3, 0.4) is 0 Å². The number of aliphatic carboxylic acids is 1. The number of carbonyl (C=O) groups excluding carboxylic acids is 1. The summed E-state index contributed by atoms with van der Waals surface area (Å²) < 4.78 is 0. The first-order valence-corrected chi connectivity index (χ1v) is 7.07. The van der Waals surface area contributed by atoms with E-state index in [1.54, 1.807) is 11.8 Å². The highest BCUT2D eigenvalue weighted by Crippen LogP contribution is 2.31. The molecule has 0 aromatic rings. The molecule has 0 aromatic carbocycles. The molecule has 6 heteroatoms. The van der Waals surface area contributed by atoms with Crippen LogP contribution in [0.1, 0.15) is 26.2 Å². The van der Waals surface area contributed by atoms with E-state index in [0.29, 0.717) is 12.3 Å². The molecule has 17 heavy (non-hydrogen) atoms. The molecule has 1 aliphatic heterocycles. The lowest BCUT2D eigenvalue weighted by Crippen LogP contribution is -2.60. The van der Waals surface area contributed by atoms with E-state index in [1.807, 2.05) is 6.92 Å². The number of rotatable bonds is 2. The Balaban J connectivity index is 1.98. The van der Waals surface area contributed by atoms with Gasteiger partial charge in [0.05, 0.1) is 0 Å². The molecule has 1 atom stereocenters. The second-order valence-corrected chi connectivity index (χ2v) is 6.12. The Morgan fingerprint density at radius 3 is 2.71 bits per heavy atom. The van der Waals surface area contributed by atoms with Crippen LogP contribution >= 0.6 is 11.8 Å². The molecule has 1 saturated carbocycles. The largest absolute Gasteiger partial charge is 0.480 e. The fourth-order valence-electron chi connectivity index (χ4n) is 2.21. The Hall–Kier alpha value is -0.910. The normalized spacial score (nSPS) is 27.1. The molecule has 1 saturated heterocycles. The maximum absolute atomic E-state index is 12.1. The van der Waals surface area contributed by atoms with E-state index in [1.165, 1.54) is 4.90 Å². The zero-order chi connectivity index (χ0) is 12.5. The minimum atomic E-state index is -0.911. The van der Waals surface area contributed by atoms with Crippen LogP contribution in [0, 0.1) is 0 Å². The van der Waals surface area contributed by atoms with Crippen LogP contribution in [0.15, 0.2) is 0 Å². The summed E-state index contributed by atoms with van der Waals surface area (Å²) in [5.74, 6) is 0.388. The molecule has 0 radical (unpaired) electrons. The lowest BCUT2D eigenvalue weighted by Gasteiger charge is -2.42. The molecule has 5 nitrogen and oxygen atoms in total. The van der Waals surface area contributed by atoms with E-state index in [-0.39, 0.29) is 11.6 Å². The van der Waals surface area contributed by atoms with Gasteiger partial charge in [0.1, 0.15) is 6.04 Å². The molecule has 0 bridgehead atoms. The van der Waals surface area contributed by atoms with Crippen LogP contribution in [-0.2, 0) is 4.79 Å². The third-order valence-corrected chi connectivity index (χ3v) is 4.56. The third kappa shape index (κ3) is 2.68. The van der Waals surface area contributed by atoms with Crippen molar-refractivity contribution in [3.63, 3.8) is 0 Å². The maximum Gasteiger partial charge on any atom is 0.327 e. The van der Waals surface area contributed by atoms with Crippen molar-refractivity contribution in [3.8, 4) is 0 Å². The highest BCUT2D eigenvalue weighted by atomic mass is 32.2. The molecule has 2 fully saturated rings. The van der Waals surface area contributed by atoms with Crippen LogP contribution in [0.25, 0.3) is 0 Å². The van der Waals surface area contributed by atoms with Gasteiger partial charge in [0.25, 0.3) is 0 Å². The van der Waals surface area contributed by atoms with Gasteiger partial charge in [-0.25, -0.2) is 9.59 Å². The van der Waals surface area contributed by atoms with E-state index in [0.717, 1.165) is 25.0 Å². The van der Waals surface area contributed by atoms with Crippen molar-refractivity contribution >= 4 is 23.8 Å². The van der Waals surface area contributed by atoms with Gasteiger partial charge in [-0.1, -0.05) is 0 Å². The molecule has 2 aliphatic rings. The van der Waals surface area contributed by atoms with E-state index in [4.69, 9.17) is 5.11 Å². The number of hydrogen-bond donors (Lipinski definition) is 2. The van der Waals surface area contributed by atoms with Gasteiger partial charge < -0.3 is 15.3 Å². The maximum atomic E-state index is 12.1. The van der Waals surface area contributed by atoms with Gasteiger partial charge in [0.2, 0.25) is 0 Å². The monoisotopic (exact) mass is 258 g/mol. The van der Waals surface area contributed by atoms with E-state index >= 15 is 0 Å². The Morgan fingerprint density at radius 2 is 2.18 bits per heavy atom. The average Bonchev–Trinajstić information content (AvgIpc) is 2.26. The minimum absolute atomic E-state index is 0.120. The molecule has 1 heterocycles. The summed E-state index contributed by atoms with van der Waals surface area (Å²) >= 11 is 1.59. The lowest BCUT2D eigenvalue weighted by molar-refractivity contribution is -0.141. The molecular weight excluding hydrogens is 240 g/mol. The number of nitrogens with one attached hydrogen (secondary N) is 1. The number of nitrogens with zero attached hydrogens (tertiary/aromatic N) is 1. The van der Waals surface area contributed by atoms with Crippen LogP contribution < -0.4 is 5.32 Å². The first-order valence-electron chi connectivity index (χ1n) is 5.91. The van der Waals surface area contributed by atoms with Crippen molar-refractivity contribution in [2.24, 2.45) is 0 Å². The summed E-state index contributed by atoms with van der Waals surface area (Å²) in [5, 5.41) is 12.1. The van der Waals surface area contributed by atoms with Crippen molar-refractivity contribution in [3.05, 3.63) is 0 Å². The van der Waals surface area contributed by atoms with Gasteiger partial charge in [0.15, 0.2) is 0 Å². The standard InChI is InChI=1S/C11H18N2O3S/c1-11(3-2-4-11)12-10(16)13-5-6-17-7-8(13)9(14)15/h8H,2-7H2,1H3,(H,12,16)(H,14,15). The summed E-state index contributed by atoms with van der Waals surface area (Å²) in [7, 11) is 0. The van der Waals surface area contributed by atoms with Gasteiger partial charge in [-0.05, 0) is 26.2 Å².